The van der Waals surface area contributed by atoms with E-state index in [1.165, 1.54) is 32.1 Å². The van der Waals surface area contributed by atoms with Crippen LogP contribution in [0.15, 0.2) is 12.7 Å². The smallest absolute Gasteiger partial charge is 0.0241 e. The Hall–Kier alpha value is -0.260. The highest BCUT2D eigenvalue weighted by molar-refractivity contribution is 4.98. The second-order valence-electron chi connectivity index (χ2n) is 6.71. The summed E-state index contributed by atoms with van der Waals surface area (Å²) in [5.41, 5.74) is 0.595. The van der Waals surface area contributed by atoms with E-state index in [4.69, 9.17) is 0 Å². The van der Waals surface area contributed by atoms with Crippen LogP contribution in [0.2, 0.25) is 0 Å². The molecule has 1 aliphatic rings. The Bertz CT molecular complexity index is 240. The van der Waals surface area contributed by atoms with Crippen molar-refractivity contribution >= 4 is 0 Å². The van der Waals surface area contributed by atoms with Crippen molar-refractivity contribution in [3.05, 3.63) is 12.7 Å². The van der Waals surface area contributed by atoms with Gasteiger partial charge in [0, 0.05) is 0 Å². The monoisotopic (exact) mass is 296 g/mol. The van der Waals surface area contributed by atoms with Crippen LogP contribution in [-0.4, -0.2) is 0 Å². The van der Waals surface area contributed by atoms with E-state index in [1.807, 2.05) is 27.7 Å². The maximum absolute atomic E-state index is 3.96. The minimum Gasteiger partial charge on any atom is -0.103 e. The van der Waals surface area contributed by atoms with Gasteiger partial charge in [0.1, 0.15) is 0 Å². The molecule has 0 radical (unpaired) electrons. The van der Waals surface area contributed by atoms with Crippen molar-refractivity contribution in [3.63, 3.8) is 0 Å². The van der Waals surface area contributed by atoms with Gasteiger partial charge in [-0.1, -0.05) is 68.4 Å². The van der Waals surface area contributed by atoms with Gasteiger partial charge < -0.3 is 0 Å². The van der Waals surface area contributed by atoms with Crippen molar-refractivity contribution in [2.45, 2.75) is 94.4 Å². The average molecular weight is 297 g/mol. The van der Waals surface area contributed by atoms with Gasteiger partial charge in [-0.15, -0.1) is 6.58 Å². The first kappa shape index (κ1) is 23.0. The van der Waals surface area contributed by atoms with E-state index >= 15 is 0 Å². The molecule has 0 nitrogen and oxygen atoms in total. The zero-order valence-corrected chi connectivity index (χ0v) is 16.6. The van der Waals surface area contributed by atoms with Crippen molar-refractivity contribution in [2.75, 3.05) is 0 Å². The van der Waals surface area contributed by atoms with Gasteiger partial charge in [-0.25, -0.2) is 0 Å². The molecule has 0 heteroatoms. The highest BCUT2D eigenvalue weighted by atomic mass is 14.5. The van der Waals surface area contributed by atoms with E-state index in [9.17, 15) is 0 Å². The van der Waals surface area contributed by atoms with Crippen LogP contribution >= 0.6 is 0 Å². The van der Waals surface area contributed by atoms with Crippen molar-refractivity contribution in [1.29, 1.82) is 0 Å². The Labute approximate surface area is 136 Å². The maximum atomic E-state index is 3.96. The summed E-state index contributed by atoms with van der Waals surface area (Å²) in [7, 11) is 0. The summed E-state index contributed by atoms with van der Waals surface area (Å²) in [5, 5.41) is 0. The van der Waals surface area contributed by atoms with Crippen molar-refractivity contribution in [2.24, 2.45) is 29.1 Å². The molecule has 0 aliphatic heterocycles. The fourth-order valence-corrected chi connectivity index (χ4v) is 3.97. The minimum absolute atomic E-state index is 0.595. The van der Waals surface area contributed by atoms with E-state index in [-0.39, 0.29) is 0 Å². The summed E-state index contributed by atoms with van der Waals surface area (Å²) in [6.07, 6.45) is 8.99. The third-order valence-electron chi connectivity index (χ3n) is 5.69. The first-order valence-corrected chi connectivity index (χ1v) is 9.58. The summed E-state index contributed by atoms with van der Waals surface area (Å²) in [6, 6.07) is 0. The standard InChI is InChI=1S/C17H32.2C2H6/c1-7-9-16-11-10-15(6)17(16,8-2)12-14(5)13(3)4;2*1-2/h7,13-16H,1,8-12H2,2-6H3;2*1-2H3. The van der Waals surface area contributed by atoms with Gasteiger partial charge in [0.05, 0.1) is 0 Å². The molecule has 0 spiro atoms. The summed E-state index contributed by atoms with van der Waals surface area (Å²) in [4.78, 5) is 0. The fraction of sp³-hybridized carbons (Fsp3) is 0.905. The fourth-order valence-electron chi connectivity index (χ4n) is 3.97. The number of hydrogen-bond donors (Lipinski definition) is 0. The first-order valence-electron chi connectivity index (χ1n) is 9.58. The largest absolute Gasteiger partial charge is 0.103 e. The van der Waals surface area contributed by atoms with Gasteiger partial charge in [-0.05, 0) is 61.2 Å². The van der Waals surface area contributed by atoms with Crippen molar-refractivity contribution in [1.82, 2.24) is 0 Å². The molecule has 21 heavy (non-hydrogen) atoms. The Morgan fingerprint density at radius 1 is 1.10 bits per heavy atom. The molecule has 0 saturated heterocycles. The van der Waals surface area contributed by atoms with Gasteiger partial charge in [-0.3, -0.25) is 0 Å². The molecular weight excluding hydrogens is 252 g/mol. The predicted molar refractivity (Wildman–Crippen MR) is 101 cm³/mol. The molecule has 1 aliphatic carbocycles. The summed E-state index contributed by atoms with van der Waals surface area (Å²) < 4.78 is 0. The van der Waals surface area contributed by atoms with Gasteiger partial charge in [0.25, 0.3) is 0 Å². The Morgan fingerprint density at radius 3 is 2.00 bits per heavy atom. The zero-order valence-electron chi connectivity index (χ0n) is 16.6. The summed E-state index contributed by atoms with van der Waals surface area (Å²) >= 11 is 0. The van der Waals surface area contributed by atoms with E-state index in [1.54, 1.807) is 0 Å². The van der Waals surface area contributed by atoms with E-state index in [0.29, 0.717) is 5.41 Å². The van der Waals surface area contributed by atoms with Crippen LogP contribution in [-0.2, 0) is 0 Å². The van der Waals surface area contributed by atoms with E-state index in [2.05, 4.69) is 47.3 Å². The summed E-state index contributed by atoms with van der Waals surface area (Å²) in [5.74, 6) is 3.46. The van der Waals surface area contributed by atoms with Gasteiger partial charge in [-0.2, -0.15) is 0 Å². The topological polar surface area (TPSA) is 0 Å². The molecule has 4 atom stereocenters. The zero-order chi connectivity index (χ0) is 17.1. The van der Waals surface area contributed by atoms with Gasteiger partial charge >= 0.3 is 0 Å². The maximum Gasteiger partial charge on any atom is -0.0241 e. The highest BCUT2D eigenvalue weighted by Crippen LogP contribution is 2.55. The lowest BCUT2D eigenvalue weighted by atomic mass is 9.64. The molecule has 0 bridgehead atoms. The second-order valence-corrected chi connectivity index (χ2v) is 6.71. The Balaban J connectivity index is 0. The minimum atomic E-state index is 0.595. The van der Waals surface area contributed by atoms with Crippen LogP contribution in [0, 0.1) is 29.1 Å². The quantitative estimate of drug-likeness (QED) is 0.440. The number of rotatable bonds is 6. The normalized spacial score (nSPS) is 29.0. The SMILES string of the molecule is C=CCC1CCC(C)C1(CC)CC(C)C(C)C.CC.CC. The van der Waals surface area contributed by atoms with E-state index in [0.717, 1.165) is 23.7 Å². The molecule has 0 amide bonds. The second kappa shape index (κ2) is 12.3. The number of allylic oxidation sites excluding steroid dienone is 1. The molecule has 1 rings (SSSR count). The molecule has 0 aromatic rings. The summed E-state index contributed by atoms with van der Waals surface area (Å²) in [6.45, 7) is 24.0. The van der Waals surface area contributed by atoms with Crippen LogP contribution in [0.25, 0.3) is 0 Å². The molecule has 128 valence electrons. The van der Waals surface area contributed by atoms with Crippen LogP contribution in [0.4, 0.5) is 0 Å². The van der Waals surface area contributed by atoms with Crippen LogP contribution in [0.1, 0.15) is 94.4 Å². The predicted octanol–water partition coefficient (Wildman–Crippen LogP) is 7.74. The Morgan fingerprint density at radius 2 is 1.62 bits per heavy atom. The third-order valence-corrected chi connectivity index (χ3v) is 5.69. The molecule has 0 heterocycles. The average Bonchev–Trinajstić information content (AvgIpc) is 2.81. The van der Waals surface area contributed by atoms with Crippen LogP contribution in [0.3, 0.4) is 0 Å². The molecule has 0 N–H and O–H groups in total. The lowest BCUT2D eigenvalue weighted by molar-refractivity contribution is 0.0851. The lowest BCUT2D eigenvalue weighted by Gasteiger charge is -2.41. The molecule has 1 fully saturated rings. The molecule has 1 saturated carbocycles. The van der Waals surface area contributed by atoms with Crippen LogP contribution < -0.4 is 0 Å². The van der Waals surface area contributed by atoms with Crippen molar-refractivity contribution in [3.8, 4) is 0 Å². The number of hydrogen-bond acceptors (Lipinski definition) is 0. The molecule has 4 unspecified atom stereocenters. The van der Waals surface area contributed by atoms with Gasteiger partial charge in [0.15, 0.2) is 0 Å². The van der Waals surface area contributed by atoms with Crippen molar-refractivity contribution < 1.29 is 0 Å². The van der Waals surface area contributed by atoms with Crippen LogP contribution in [0.5, 0.6) is 0 Å². The highest BCUT2D eigenvalue weighted by Gasteiger charge is 2.46. The van der Waals surface area contributed by atoms with E-state index < -0.39 is 0 Å². The first-order chi connectivity index (χ1) is 9.97. The molecular formula is C21H44. The Kier molecular flexibility index (Phi) is 13.5. The van der Waals surface area contributed by atoms with Gasteiger partial charge in [0.2, 0.25) is 0 Å². The third kappa shape index (κ3) is 6.17. The molecule has 0 aromatic carbocycles. The molecule has 0 aromatic heterocycles. The lowest BCUT2D eigenvalue weighted by Crippen LogP contribution is -2.33.